The molecule has 5 nitrogen and oxygen atoms in total. The second-order valence-corrected chi connectivity index (χ2v) is 6.77. The van der Waals surface area contributed by atoms with E-state index in [0.29, 0.717) is 18.2 Å². The molecule has 0 bridgehead atoms. The maximum atomic E-state index is 12.5. The minimum atomic E-state index is -0.0213. The number of aromatic nitrogens is 3. The second-order valence-electron chi connectivity index (χ2n) is 6.77. The highest BCUT2D eigenvalue weighted by molar-refractivity contribution is 6.02. The molecule has 1 saturated carbocycles. The van der Waals surface area contributed by atoms with E-state index >= 15 is 0 Å². The fourth-order valence-electron chi connectivity index (χ4n) is 3.71. The molecule has 1 amide bonds. The van der Waals surface area contributed by atoms with Gasteiger partial charge in [-0.2, -0.15) is 5.10 Å². The third-order valence-electron chi connectivity index (χ3n) is 5.03. The van der Waals surface area contributed by atoms with Crippen LogP contribution in [0.5, 0.6) is 0 Å². The van der Waals surface area contributed by atoms with Gasteiger partial charge in [-0.25, -0.2) is 0 Å². The number of nitrogens with one attached hydrogen (secondary N) is 1. The van der Waals surface area contributed by atoms with Crippen molar-refractivity contribution in [2.75, 3.05) is 6.54 Å². The van der Waals surface area contributed by atoms with Crippen molar-refractivity contribution in [3.05, 3.63) is 48.3 Å². The minimum absolute atomic E-state index is 0.0213. The number of carbonyl (C=O) groups excluding carboxylic acids is 1. The molecule has 1 fully saturated rings. The predicted octanol–water partition coefficient (Wildman–Crippen LogP) is 4.06. The Morgan fingerprint density at radius 2 is 2.08 bits per heavy atom. The number of hydrogen-bond donors (Lipinski definition) is 1. The summed E-state index contributed by atoms with van der Waals surface area (Å²) in [6.07, 6.45) is 9.99. The van der Waals surface area contributed by atoms with Gasteiger partial charge in [0.25, 0.3) is 5.91 Å². The first-order valence-electron chi connectivity index (χ1n) is 9.21. The van der Waals surface area contributed by atoms with Crippen molar-refractivity contribution in [3.63, 3.8) is 0 Å². The molecule has 0 saturated heterocycles. The van der Waals surface area contributed by atoms with Crippen LogP contribution in [0, 0.1) is 0 Å². The van der Waals surface area contributed by atoms with Crippen LogP contribution in [0.15, 0.2) is 42.7 Å². The van der Waals surface area contributed by atoms with E-state index in [0.717, 1.165) is 23.3 Å². The summed E-state index contributed by atoms with van der Waals surface area (Å²) in [5.74, 6) is -0.0213. The molecule has 3 aromatic heterocycles. The van der Waals surface area contributed by atoms with Crippen LogP contribution in [0.25, 0.3) is 16.9 Å². The number of nitrogens with zero attached hydrogens (tertiary/aromatic N) is 3. The van der Waals surface area contributed by atoms with Gasteiger partial charge in [0.2, 0.25) is 0 Å². The van der Waals surface area contributed by atoms with Crippen LogP contribution in [0.1, 0.15) is 55.4 Å². The van der Waals surface area contributed by atoms with Gasteiger partial charge in [0.05, 0.1) is 22.8 Å². The number of amides is 1. The molecule has 0 radical (unpaired) electrons. The molecule has 0 aromatic carbocycles. The van der Waals surface area contributed by atoms with Gasteiger partial charge < -0.3 is 9.72 Å². The van der Waals surface area contributed by atoms with E-state index in [1.807, 2.05) is 30.5 Å². The monoisotopic (exact) mass is 336 g/mol. The number of fused-ring (bicyclic) bond motifs is 1. The average molecular weight is 336 g/mol. The predicted molar refractivity (Wildman–Crippen MR) is 98.7 cm³/mol. The molecule has 130 valence electrons. The van der Waals surface area contributed by atoms with Crippen LogP contribution in [0.2, 0.25) is 0 Å². The summed E-state index contributed by atoms with van der Waals surface area (Å²) in [7, 11) is 0. The number of hydrogen-bond acceptors (Lipinski definition) is 2. The number of pyridine rings is 1. The van der Waals surface area contributed by atoms with E-state index in [2.05, 4.69) is 33.6 Å². The highest BCUT2D eigenvalue weighted by atomic mass is 16.1. The van der Waals surface area contributed by atoms with Crippen molar-refractivity contribution in [2.45, 2.75) is 45.1 Å². The Morgan fingerprint density at radius 1 is 1.24 bits per heavy atom. The first-order valence-corrected chi connectivity index (χ1v) is 9.21. The largest absolute Gasteiger partial charge is 0.352 e. The van der Waals surface area contributed by atoms with Gasteiger partial charge in [-0.15, -0.1) is 0 Å². The van der Waals surface area contributed by atoms with Crippen LogP contribution in [-0.2, 0) is 0 Å². The van der Waals surface area contributed by atoms with E-state index in [-0.39, 0.29) is 5.91 Å². The van der Waals surface area contributed by atoms with Crippen molar-refractivity contribution >= 4 is 11.4 Å². The van der Waals surface area contributed by atoms with E-state index in [1.54, 1.807) is 0 Å². The smallest absolute Gasteiger partial charge is 0.253 e. The van der Waals surface area contributed by atoms with E-state index in [4.69, 9.17) is 5.10 Å². The van der Waals surface area contributed by atoms with Gasteiger partial charge in [0.1, 0.15) is 5.69 Å². The molecular weight excluding hydrogens is 312 g/mol. The lowest BCUT2D eigenvalue weighted by molar-refractivity contribution is 0.0955. The zero-order chi connectivity index (χ0) is 17.2. The van der Waals surface area contributed by atoms with Gasteiger partial charge >= 0.3 is 0 Å². The molecule has 1 N–H and O–H groups in total. The lowest BCUT2D eigenvalue weighted by Gasteiger charge is -2.08. The quantitative estimate of drug-likeness (QED) is 0.764. The number of carbonyl (C=O) groups is 1. The molecule has 25 heavy (non-hydrogen) atoms. The van der Waals surface area contributed by atoms with Crippen LogP contribution in [0.4, 0.5) is 0 Å². The summed E-state index contributed by atoms with van der Waals surface area (Å²) in [6.45, 7) is 2.74. The van der Waals surface area contributed by atoms with Crippen LogP contribution >= 0.6 is 0 Å². The van der Waals surface area contributed by atoms with E-state index < -0.39 is 0 Å². The van der Waals surface area contributed by atoms with Crippen LogP contribution in [-0.4, -0.2) is 26.6 Å². The minimum Gasteiger partial charge on any atom is -0.352 e. The molecule has 3 heterocycles. The molecular formula is C20H24N4O. The molecule has 5 heteroatoms. The Morgan fingerprint density at radius 3 is 2.88 bits per heavy atom. The first kappa shape index (κ1) is 15.9. The molecule has 0 unspecified atom stereocenters. The molecule has 0 aliphatic heterocycles. The fraction of sp³-hybridized carbons (Fsp3) is 0.400. The zero-order valence-electron chi connectivity index (χ0n) is 14.6. The summed E-state index contributed by atoms with van der Waals surface area (Å²) >= 11 is 0. The summed E-state index contributed by atoms with van der Waals surface area (Å²) in [5.41, 5.74) is 3.51. The highest BCUT2D eigenvalue weighted by Gasteiger charge is 2.20. The summed E-state index contributed by atoms with van der Waals surface area (Å²) in [6, 6.07) is 10.5. The molecule has 0 atom stereocenters. The lowest BCUT2D eigenvalue weighted by Crippen LogP contribution is -2.23. The molecule has 1 aliphatic rings. The molecule has 4 rings (SSSR count). The van der Waals surface area contributed by atoms with E-state index in [1.165, 1.54) is 25.7 Å². The molecule has 1 aliphatic carbocycles. The Labute approximate surface area is 147 Å². The van der Waals surface area contributed by atoms with E-state index in [9.17, 15) is 4.79 Å². The Balaban J connectivity index is 1.73. The third kappa shape index (κ3) is 2.95. The fourth-order valence-corrected chi connectivity index (χ4v) is 3.71. The number of rotatable bonds is 5. The van der Waals surface area contributed by atoms with Crippen LogP contribution < -0.4 is 5.32 Å². The summed E-state index contributed by atoms with van der Waals surface area (Å²) in [4.78, 5) is 12.5. The summed E-state index contributed by atoms with van der Waals surface area (Å²) < 4.78 is 4.16. The van der Waals surface area contributed by atoms with Crippen LogP contribution in [0.3, 0.4) is 0 Å². The van der Waals surface area contributed by atoms with Gasteiger partial charge in [0, 0.05) is 18.9 Å². The maximum Gasteiger partial charge on any atom is 0.253 e. The van der Waals surface area contributed by atoms with Gasteiger partial charge in [-0.3, -0.25) is 9.48 Å². The van der Waals surface area contributed by atoms with Crippen molar-refractivity contribution in [1.29, 1.82) is 0 Å². The first-order chi connectivity index (χ1) is 12.3. The van der Waals surface area contributed by atoms with Gasteiger partial charge in [-0.1, -0.05) is 25.8 Å². The Kier molecular flexibility index (Phi) is 4.30. The second kappa shape index (κ2) is 6.75. The van der Waals surface area contributed by atoms with Gasteiger partial charge in [-0.05, 0) is 43.5 Å². The average Bonchev–Trinajstić information content (AvgIpc) is 3.37. The van der Waals surface area contributed by atoms with Crippen molar-refractivity contribution in [2.24, 2.45) is 0 Å². The molecule has 3 aromatic rings. The Hall–Kier alpha value is -2.56. The Bertz CT molecular complexity index is 886. The van der Waals surface area contributed by atoms with Crippen molar-refractivity contribution < 1.29 is 4.79 Å². The van der Waals surface area contributed by atoms with Gasteiger partial charge in [0.15, 0.2) is 0 Å². The molecule has 0 spiro atoms. The topological polar surface area (TPSA) is 51.3 Å². The SMILES string of the molecule is CCCNC(=O)c1cc(-c2ccn(C3CCCC3)n2)n2ccccc12. The lowest BCUT2D eigenvalue weighted by atomic mass is 10.2. The van der Waals surface area contributed by atoms with Crippen molar-refractivity contribution in [1.82, 2.24) is 19.5 Å². The normalized spacial score (nSPS) is 15.1. The standard InChI is InChI=1S/C20H24N4O/c1-2-11-21-20(25)16-14-19(23-12-6-5-9-18(16)23)17-10-13-24(22-17)15-7-3-4-8-15/h5-6,9-10,12-15H,2-4,7-8,11H2,1H3,(H,21,25). The summed E-state index contributed by atoms with van der Waals surface area (Å²) in [5, 5.41) is 7.79. The van der Waals surface area contributed by atoms with Crippen molar-refractivity contribution in [3.8, 4) is 11.4 Å². The maximum absolute atomic E-state index is 12.5. The third-order valence-corrected chi connectivity index (χ3v) is 5.03. The zero-order valence-corrected chi connectivity index (χ0v) is 14.6. The highest BCUT2D eigenvalue weighted by Crippen LogP contribution is 2.31.